The summed E-state index contributed by atoms with van der Waals surface area (Å²) in [4.78, 5) is 23.1. The molecular formula is C27H48O4. The molecule has 0 fully saturated rings. The van der Waals surface area contributed by atoms with Crippen molar-refractivity contribution in [2.24, 2.45) is 5.41 Å². The molecule has 0 bridgehead atoms. The molecule has 180 valence electrons. The van der Waals surface area contributed by atoms with Gasteiger partial charge in [-0.25, -0.2) is 9.59 Å². The molecule has 0 aromatic rings. The Morgan fingerprint density at radius 3 is 1.32 bits per heavy atom. The quantitative estimate of drug-likeness (QED) is 0.0973. The molecule has 31 heavy (non-hydrogen) atoms. The lowest BCUT2D eigenvalue weighted by Gasteiger charge is -2.17. The lowest BCUT2D eigenvalue weighted by molar-refractivity contribution is -0.138. The summed E-state index contributed by atoms with van der Waals surface area (Å²) in [5.74, 6) is 3.13. The van der Waals surface area contributed by atoms with Crippen LogP contribution in [0.4, 0.5) is 0 Å². The summed E-state index contributed by atoms with van der Waals surface area (Å²) in [6.07, 6.45) is 19.0. The fourth-order valence-corrected chi connectivity index (χ4v) is 3.38. The Labute approximate surface area is 192 Å². The molecule has 0 N–H and O–H groups in total. The van der Waals surface area contributed by atoms with E-state index in [1.807, 2.05) is 0 Å². The first kappa shape index (κ1) is 29.5. The van der Waals surface area contributed by atoms with Gasteiger partial charge in [0.25, 0.3) is 0 Å². The Kier molecular flexibility index (Phi) is 19.4. The van der Waals surface area contributed by atoms with E-state index in [0.29, 0.717) is 18.6 Å². The van der Waals surface area contributed by atoms with Gasteiger partial charge in [-0.3, -0.25) is 0 Å². The summed E-state index contributed by atoms with van der Waals surface area (Å²) >= 11 is 0. The number of esters is 2. The highest BCUT2D eigenvalue weighted by molar-refractivity contribution is 5.98. The van der Waals surface area contributed by atoms with E-state index in [-0.39, 0.29) is 0 Å². The van der Waals surface area contributed by atoms with Crippen molar-refractivity contribution in [3.8, 4) is 11.8 Å². The minimum atomic E-state index is -0.647. The topological polar surface area (TPSA) is 52.6 Å². The van der Waals surface area contributed by atoms with Crippen molar-refractivity contribution in [1.82, 2.24) is 0 Å². The maximum Gasteiger partial charge on any atom is 0.384 e. The van der Waals surface area contributed by atoms with Gasteiger partial charge in [-0.2, -0.15) is 0 Å². The number of rotatable bonds is 18. The predicted molar refractivity (Wildman–Crippen MR) is 129 cm³/mol. The van der Waals surface area contributed by atoms with Gasteiger partial charge in [-0.15, -0.1) is 0 Å². The molecule has 0 heterocycles. The van der Waals surface area contributed by atoms with Gasteiger partial charge in [-0.1, -0.05) is 111 Å². The van der Waals surface area contributed by atoms with Crippen LogP contribution in [0.15, 0.2) is 0 Å². The zero-order chi connectivity index (χ0) is 23.2. The number of unbranched alkanes of at least 4 members (excludes halogenated alkanes) is 13. The number of carbonyl (C=O) groups excluding carboxylic acids is 2. The molecule has 0 aliphatic heterocycles. The smallest absolute Gasteiger partial charge is 0.384 e. The van der Waals surface area contributed by atoms with Crippen molar-refractivity contribution in [3.05, 3.63) is 0 Å². The maximum absolute atomic E-state index is 11.6. The molecule has 0 aromatic carbocycles. The lowest BCUT2D eigenvalue weighted by Crippen LogP contribution is -2.06. The van der Waals surface area contributed by atoms with E-state index in [2.05, 4.69) is 39.5 Å². The first-order valence-electron chi connectivity index (χ1n) is 12.7. The van der Waals surface area contributed by atoms with Gasteiger partial charge in [-0.05, 0) is 24.7 Å². The van der Waals surface area contributed by atoms with Crippen LogP contribution in [0.25, 0.3) is 0 Å². The van der Waals surface area contributed by atoms with Crippen molar-refractivity contribution in [3.63, 3.8) is 0 Å². The standard InChI is InChI=1S/C27H48O4/c1-5-6-7-8-9-12-15-18-23-30-25(28)20-21-26(29)31-24-19-16-13-10-11-14-17-22-27(2,3)4/h5-19,22-24H2,1-4H3. The van der Waals surface area contributed by atoms with E-state index in [0.717, 1.165) is 25.7 Å². The molecule has 4 nitrogen and oxygen atoms in total. The molecule has 4 heteroatoms. The van der Waals surface area contributed by atoms with Crippen LogP contribution in [0.3, 0.4) is 0 Å². The zero-order valence-corrected chi connectivity index (χ0v) is 20.9. The average Bonchev–Trinajstić information content (AvgIpc) is 2.71. The highest BCUT2D eigenvalue weighted by atomic mass is 16.5. The van der Waals surface area contributed by atoms with E-state index >= 15 is 0 Å². The molecule has 0 rings (SSSR count). The third kappa shape index (κ3) is 24.6. The largest absolute Gasteiger partial charge is 0.456 e. The first-order chi connectivity index (χ1) is 14.8. The highest BCUT2D eigenvalue weighted by Crippen LogP contribution is 2.22. The molecule has 0 spiro atoms. The minimum Gasteiger partial charge on any atom is -0.456 e. The van der Waals surface area contributed by atoms with Crippen LogP contribution in [0.1, 0.15) is 130 Å². The molecule has 0 radical (unpaired) electrons. The molecule has 0 saturated heterocycles. The lowest BCUT2D eigenvalue weighted by atomic mass is 9.89. The van der Waals surface area contributed by atoms with E-state index in [1.54, 1.807) is 0 Å². The molecule has 0 aromatic heterocycles. The van der Waals surface area contributed by atoms with E-state index in [4.69, 9.17) is 9.47 Å². The summed E-state index contributed by atoms with van der Waals surface area (Å²) in [7, 11) is 0. The van der Waals surface area contributed by atoms with Gasteiger partial charge in [0.1, 0.15) is 0 Å². The normalized spacial score (nSPS) is 11.0. The van der Waals surface area contributed by atoms with Gasteiger partial charge in [0, 0.05) is 11.8 Å². The van der Waals surface area contributed by atoms with E-state index in [9.17, 15) is 9.59 Å². The number of hydrogen-bond donors (Lipinski definition) is 0. The van der Waals surface area contributed by atoms with Crippen LogP contribution in [-0.4, -0.2) is 25.2 Å². The third-order valence-electron chi connectivity index (χ3n) is 5.30. The van der Waals surface area contributed by atoms with Gasteiger partial charge >= 0.3 is 11.9 Å². The second kappa shape index (κ2) is 20.4. The second-order valence-electron chi connectivity index (χ2n) is 9.78. The van der Waals surface area contributed by atoms with Crippen molar-refractivity contribution in [1.29, 1.82) is 0 Å². The van der Waals surface area contributed by atoms with Crippen LogP contribution >= 0.6 is 0 Å². The minimum absolute atomic E-state index is 0.366. The molecule has 0 amide bonds. The summed E-state index contributed by atoms with van der Waals surface area (Å²) < 4.78 is 10.1. The van der Waals surface area contributed by atoms with Crippen molar-refractivity contribution < 1.29 is 19.1 Å². The second-order valence-corrected chi connectivity index (χ2v) is 9.78. The summed E-state index contributed by atoms with van der Waals surface area (Å²) in [6.45, 7) is 9.83. The van der Waals surface area contributed by atoms with Crippen LogP contribution in [0.2, 0.25) is 0 Å². The van der Waals surface area contributed by atoms with Gasteiger partial charge in [0.05, 0.1) is 13.2 Å². The fraction of sp³-hybridized carbons (Fsp3) is 0.852. The zero-order valence-electron chi connectivity index (χ0n) is 20.9. The Morgan fingerprint density at radius 2 is 0.935 bits per heavy atom. The predicted octanol–water partition coefficient (Wildman–Crippen LogP) is 7.38. The van der Waals surface area contributed by atoms with Crippen molar-refractivity contribution >= 4 is 11.9 Å². The Balaban J connectivity index is 3.49. The SMILES string of the molecule is CCCCCCCCCCOC(=O)C#CC(=O)OCCCCCCCCCC(C)(C)C. The first-order valence-corrected chi connectivity index (χ1v) is 12.7. The third-order valence-corrected chi connectivity index (χ3v) is 5.30. The number of ether oxygens (including phenoxy) is 2. The maximum atomic E-state index is 11.6. The molecule has 0 atom stereocenters. The average molecular weight is 437 g/mol. The van der Waals surface area contributed by atoms with Crippen LogP contribution < -0.4 is 0 Å². The number of hydrogen-bond acceptors (Lipinski definition) is 4. The Morgan fingerprint density at radius 1 is 0.581 bits per heavy atom. The van der Waals surface area contributed by atoms with Gasteiger partial charge in [0.15, 0.2) is 0 Å². The molecular weight excluding hydrogens is 388 g/mol. The summed E-state index contributed by atoms with van der Waals surface area (Å²) in [5, 5.41) is 0. The summed E-state index contributed by atoms with van der Waals surface area (Å²) in [6, 6.07) is 0. The van der Waals surface area contributed by atoms with Crippen LogP contribution in [0, 0.1) is 17.3 Å². The Bertz CT molecular complexity index is 508. The van der Waals surface area contributed by atoms with Crippen molar-refractivity contribution in [2.45, 2.75) is 130 Å². The van der Waals surface area contributed by atoms with Gasteiger partial charge < -0.3 is 9.47 Å². The highest BCUT2D eigenvalue weighted by Gasteiger charge is 2.08. The molecule has 0 aliphatic rings. The molecule has 0 unspecified atom stereocenters. The fourth-order valence-electron chi connectivity index (χ4n) is 3.38. The van der Waals surface area contributed by atoms with E-state index in [1.165, 1.54) is 77.0 Å². The van der Waals surface area contributed by atoms with E-state index < -0.39 is 11.9 Å². The number of carbonyl (C=O) groups is 2. The van der Waals surface area contributed by atoms with Gasteiger partial charge in [0.2, 0.25) is 0 Å². The summed E-state index contributed by atoms with van der Waals surface area (Å²) in [5.41, 5.74) is 0.441. The Hall–Kier alpha value is -1.50. The van der Waals surface area contributed by atoms with Crippen LogP contribution in [-0.2, 0) is 19.1 Å². The molecule has 0 saturated carbocycles. The molecule has 0 aliphatic carbocycles. The van der Waals surface area contributed by atoms with Crippen LogP contribution in [0.5, 0.6) is 0 Å². The van der Waals surface area contributed by atoms with Crippen molar-refractivity contribution in [2.75, 3.05) is 13.2 Å². The monoisotopic (exact) mass is 436 g/mol.